The molecule has 5 rings (SSSR count). The summed E-state index contributed by atoms with van der Waals surface area (Å²) < 4.78 is 11.9. The number of likely N-dealkylation sites (tertiary alicyclic amines) is 1. The molecule has 0 radical (unpaired) electrons. The number of nitrogens with zero attached hydrogens (tertiary/aromatic N) is 2. The Hall–Kier alpha value is -2.59. The second kappa shape index (κ2) is 7.10. The summed E-state index contributed by atoms with van der Waals surface area (Å²) in [6.07, 6.45) is 3.77. The predicted octanol–water partition coefficient (Wildman–Crippen LogP) is 5.10. The van der Waals surface area contributed by atoms with E-state index in [0.717, 1.165) is 34.8 Å². The number of aromatic nitrogens is 1. The van der Waals surface area contributed by atoms with Gasteiger partial charge < -0.3 is 9.26 Å². The quantitative estimate of drug-likeness (QED) is 0.637. The molecule has 2 heterocycles. The highest BCUT2D eigenvalue weighted by Crippen LogP contribution is 2.39. The monoisotopic (exact) mass is 374 g/mol. The highest BCUT2D eigenvalue weighted by atomic mass is 16.5. The van der Waals surface area contributed by atoms with Crippen LogP contribution in [-0.2, 0) is 6.42 Å². The normalized spacial score (nSPS) is 21.8. The van der Waals surface area contributed by atoms with Crippen molar-refractivity contribution in [2.24, 2.45) is 0 Å². The fraction of sp³-hybridized carbons (Fsp3) is 0.375. The lowest BCUT2D eigenvalue weighted by atomic mass is 10.0. The Morgan fingerprint density at radius 2 is 1.75 bits per heavy atom. The number of benzene rings is 2. The summed E-state index contributed by atoms with van der Waals surface area (Å²) in [7, 11) is 0. The molecule has 1 saturated heterocycles. The summed E-state index contributed by atoms with van der Waals surface area (Å²) in [5.41, 5.74) is 5.88. The molecule has 0 bridgehead atoms. The fourth-order valence-corrected chi connectivity index (χ4v) is 4.82. The molecule has 0 N–H and O–H groups in total. The lowest BCUT2D eigenvalue weighted by molar-refractivity contribution is 0.0941. The summed E-state index contributed by atoms with van der Waals surface area (Å²) in [5.74, 6) is 1.77. The Kier molecular flexibility index (Phi) is 4.44. The molecule has 1 aliphatic heterocycles. The van der Waals surface area contributed by atoms with E-state index in [1.54, 1.807) is 0 Å². The van der Waals surface area contributed by atoms with Gasteiger partial charge in [0.05, 0.1) is 11.7 Å². The molecular weight excluding hydrogens is 348 g/mol. The van der Waals surface area contributed by atoms with E-state index in [0.29, 0.717) is 6.04 Å². The topological polar surface area (TPSA) is 38.5 Å². The van der Waals surface area contributed by atoms with E-state index in [4.69, 9.17) is 9.26 Å². The van der Waals surface area contributed by atoms with E-state index in [1.807, 2.05) is 13.8 Å². The van der Waals surface area contributed by atoms with E-state index in [1.165, 1.54) is 37.1 Å². The third-order valence-corrected chi connectivity index (χ3v) is 6.19. The number of ether oxygens (including phenoxy) is 1. The molecule has 4 heteroatoms. The highest BCUT2D eigenvalue weighted by Gasteiger charge is 2.38. The molecule has 3 aromatic rings. The van der Waals surface area contributed by atoms with E-state index in [2.05, 4.69) is 58.6 Å². The van der Waals surface area contributed by atoms with Crippen molar-refractivity contribution in [2.75, 3.05) is 13.1 Å². The average molecular weight is 374 g/mol. The largest absolute Gasteiger partial charge is 0.484 e. The lowest BCUT2D eigenvalue weighted by Gasteiger charge is -2.30. The SMILES string of the molecule is Cc1noc(C)c1-c1ccc(OC2c3ccccc3CC2N2CCCC2)cc1. The van der Waals surface area contributed by atoms with Crippen LogP contribution in [0.5, 0.6) is 5.75 Å². The average Bonchev–Trinajstić information content (AvgIpc) is 3.43. The van der Waals surface area contributed by atoms with Crippen molar-refractivity contribution in [3.63, 3.8) is 0 Å². The molecule has 2 atom stereocenters. The molecule has 2 unspecified atom stereocenters. The molecule has 0 saturated carbocycles. The molecule has 0 spiro atoms. The minimum absolute atomic E-state index is 0.0965. The van der Waals surface area contributed by atoms with Gasteiger partial charge in [-0.1, -0.05) is 41.6 Å². The van der Waals surface area contributed by atoms with Crippen molar-refractivity contribution < 1.29 is 9.26 Å². The first-order valence-electron chi connectivity index (χ1n) is 10.2. The van der Waals surface area contributed by atoms with E-state index in [9.17, 15) is 0 Å². The number of hydrogen-bond donors (Lipinski definition) is 0. The van der Waals surface area contributed by atoms with Crippen molar-refractivity contribution in [2.45, 2.75) is 45.3 Å². The number of rotatable bonds is 4. The molecule has 144 valence electrons. The summed E-state index contributed by atoms with van der Waals surface area (Å²) in [6.45, 7) is 6.30. The van der Waals surface area contributed by atoms with Gasteiger partial charge in [-0.15, -0.1) is 0 Å². The van der Waals surface area contributed by atoms with Crippen LogP contribution < -0.4 is 4.74 Å². The minimum Gasteiger partial charge on any atom is -0.484 e. The van der Waals surface area contributed by atoms with Crippen LogP contribution in [-0.4, -0.2) is 29.2 Å². The third-order valence-electron chi connectivity index (χ3n) is 6.19. The van der Waals surface area contributed by atoms with Gasteiger partial charge in [0.15, 0.2) is 0 Å². The first-order valence-corrected chi connectivity index (χ1v) is 10.2. The minimum atomic E-state index is 0.0965. The summed E-state index contributed by atoms with van der Waals surface area (Å²) >= 11 is 0. The Balaban J connectivity index is 1.42. The van der Waals surface area contributed by atoms with Crippen molar-refractivity contribution in [3.05, 3.63) is 71.1 Å². The maximum Gasteiger partial charge on any atom is 0.141 e. The van der Waals surface area contributed by atoms with Gasteiger partial charge in [0.1, 0.15) is 17.6 Å². The van der Waals surface area contributed by atoms with Crippen LogP contribution in [0.25, 0.3) is 11.1 Å². The van der Waals surface area contributed by atoms with Crippen LogP contribution in [0.2, 0.25) is 0 Å². The molecule has 2 aliphatic rings. The molecular formula is C24H26N2O2. The van der Waals surface area contributed by atoms with Crippen molar-refractivity contribution in [1.82, 2.24) is 10.1 Å². The molecule has 1 aromatic heterocycles. The second-order valence-electron chi connectivity index (χ2n) is 7.98. The molecule has 0 amide bonds. The molecule has 1 aliphatic carbocycles. The van der Waals surface area contributed by atoms with E-state index < -0.39 is 0 Å². The van der Waals surface area contributed by atoms with Crippen molar-refractivity contribution in [1.29, 1.82) is 0 Å². The van der Waals surface area contributed by atoms with Gasteiger partial charge in [-0.2, -0.15) is 0 Å². The van der Waals surface area contributed by atoms with Crippen LogP contribution in [0.1, 0.15) is 41.5 Å². The first-order chi connectivity index (χ1) is 13.7. The standard InChI is InChI=1S/C24H26N2O2/c1-16-23(17(2)28-25-16)18-9-11-20(12-10-18)27-24-21-8-4-3-7-19(21)15-22(24)26-13-5-6-14-26/h3-4,7-12,22,24H,5-6,13-15H2,1-2H3. The zero-order valence-electron chi connectivity index (χ0n) is 16.5. The smallest absolute Gasteiger partial charge is 0.141 e. The summed E-state index contributed by atoms with van der Waals surface area (Å²) in [5, 5.41) is 4.07. The Morgan fingerprint density at radius 1 is 1.00 bits per heavy atom. The predicted molar refractivity (Wildman–Crippen MR) is 110 cm³/mol. The highest BCUT2D eigenvalue weighted by molar-refractivity contribution is 5.68. The Morgan fingerprint density at radius 3 is 2.46 bits per heavy atom. The maximum absolute atomic E-state index is 6.58. The number of hydrogen-bond acceptors (Lipinski definition) is 4. The van der Waals surface area contributed by atoms with Crippen LogP contribution in [0.15, 0.2) is 53.1 Å². The van der Waals surface area contributed by atoms with Gasteiger partial charge in [0.2, 0.25) is 0 Å². The van der Waals surface area contributed by atoms with Gasteiger partial charge >= 0.3 is 0 Å². The van der Waals surface area contributed by atoms with E-state index in [-0.39, 0.29) is 6.10 Å². The van der Waals surface area contributed by atoms with Crippen molar-refractivity contribution >= 4 is 0 Å². The zero-order valence-corrected chi connectivity index (χ0v) is 16.5. The van der Waals surface area contributed by atoms with Crippen LogP contribution in [0.3, 0.4) is 0 Å². The maximum atomic E-state index is 6.58. The van der Waals surface area contributed by atoms with Gasteiger partial charge in [-0.3, -0.25) is 4.90 Å². The third kappa shape index (κ3) is 3.02. The molecule has 1 fully saturated rings. The van der Waals surface area contributed by atoms with Crippen LogP contribution in [0, 0.1) is 13.8 Å². The molecule has 2 aromatic carbocycles. The summed E-state index contributed by atoms with van der Waals surface area (Å²) in [6, 6.07) is 17.5. The van der Waals surface area contributed by atoms with E-state index >= 15 is 0 Å². The first kappa shape index (κ1) is 17.5. The molecule has 28 heavy (non-hydrogen) atoms. The fourth-order valence-electron chi connectivity index (χ4n) is 4.82. The number of fused-ring (bicyclic) bond motifs is 1. The molecule has 4 nitrogen and oxygen atoms in total. The lowest BCUT2D eigenvalue weighted by Crippen LogP contribution is -2.37. The van der Waals surface area contributed by atoms with Crippen LogP contribution >= 0.6 is 0 Å². The summed E-state index contributed by atoms with van der Waals surface area (Å²) in [4.78, 5) is 2.61. The Bertz CT molecular complexity index is 951. The van der Waals surface area contributed by atoms with Gasteiger partial charge in [0, 0.05) is 5.56 Å². The number of aryl methyl sites for hydroxylation is 2. The van der Waals surface area contributed by atoms with Gasteiger partial charge in [0.25, 0.3) is 0 Å². The van der Waals surface area contributed by atoms with Gasteiger partial charge in [-0.25, -0.2) is 0 Å². The second-order valence-corrected chi connectivity index (χ2v) is 7.98. The van der Waals surface area contributed by atoms with Crippen molar-refractivity contribution in [3.8, 4) is 16.9 Å². The Labute approximate surface area is 166 Å². The van der Waals surface area contributed by atoms with Crippen LogP contribution in [0.4, 0.5) is 0 Å². The zero-order chi connectivity index (χ0) is 19.1. The van der Waals surface area contributed by atoms with Gasteiger partial charge in [-0.05, 0) is 75.0 Å².